The number of benzene rings is 1. The van der Waals surface area contributed by atoms with Crippen molar-refractivity contribution in [2.75, 3.05) is 6.54 Å². The normalized spacial score (nSPS) is 12.0. The number of carbonyl (C=O) groups excluding carboxylic acids is 1. The van der Waals surface area contributed by atoms with Crippen LogP contribution in [0.25, 0.3) is 0 Å². The fourth-order valence-corrected chi connectivity index (χ4v) is 3.22. The molecule has 0 saturated heterocycles. The molecule has 0 aliphatic heterocycles. The number of hydrogen-bond donors (Lipinski definition) is 0. The Labute approximate surface area is 154 Å². The molecule has 0 spiro atoms. The van der Waals surface area contributed by atoms with Crippen molar-refractivity contribution in [2.45, 2.75) is 26.3 Å². The molecule has 0 fully saturated rings. The van der Waals surface area contributed by atoms with Crippen LogP contribution in [0.2, 0.25) is 0 Å². The number of rotatable bonds is 6. The van der Waals surface area contributed by atoms with Gasteiger partial charge in [-0.15, -0.1) is 0 Å². The summed E-state index contributed by atoms with van der Waals surface area (Å²) in [6.45, 7) is 4.63. The topological polar surface area (TPSA) is 51.0 Å². The Morgan fingerprint density at radius 3 is 2.62 bits per heavy atom. The van der Waals surface area contributed by atoms with Gasteiger partial charge < -0.3 is 9.47 Å². The van der Waals surface area contributed by atoms with Gasteiger partial charge in [-0.2, -0.15) is 0 Å². The lowest BCUT2D eigenvalue weighted by Crippen LogP contribution is -2.37. The fourth-order valence-electron chi connectivity index (χ4n) is 3.22. The van der Waals surface area contributed by atoms with Crippen LogP contribution < -0.4 is 0 Å². The van der Waals surface area contributed by atoms with E-state index in [1.165, 1.54) is 0 Å². The third-order valence-electron chi connectivity index (χ3n) is 4.68. The summed E-state index contributed by atoms with van der Waals surface area (Å²) in [5.41, 5.74) is 3.15. The molecule has 0 radical (unpaired) electrons. The Balaban J connectivity index is 1.97. The molecule has 26 heavy (non-hydrogen) atoms. The van der Waals surface area contributed by atoms with E-state index in [1.807, 2.05) is 79.2 Å². The minimum Gasteiger partial charge on any atom is -0.336 e. The summed E-state index contributed by atoms with van der Waals surface area (Å²) in [5, 5.41) is 0. The van der Waals surface area contributed by atoms with E-state index in [1.54, 1.807) is 12.4 Å². The Kier molecular flexibility index (Phi) is 5.46. The van der Waals surface area contributed by atoms with Crippen molar-refractivity contribution in [2.24, 2.45) is 7.05 Å². The summed E-state index contributed by atoms with van der Waals surface area (Å²) in [6.07, 6.45) is 7.59. The van der Waals surface area contributed by atoms with Gasteiger partial charge in [-0.1, -0.05) is 30.3 Å². The second kappa shape index (κ2) is 7.95. The van der Waals surface area contributed by atoms with Crippen LogP contribution in [0.15, 0.2) is 61.2 Å². The Morgan fingerprint density at radius 1 is 1.19 bits per heavy atom. The molecule has 3 aromatic rings. The number of hydrogen-bond acceptors (Lipinski definition) is 3. The smallest absolute Gasteiger partial charge is 0.227 e. The predicted octanol–water partition coefficient (Wildman–Crippen LogP) is 3.30. The van der Waals surface area contributed by atoms with Crippen LogP contribution in [-0.2, 0) is 18.3 Å². The van der Waals surface area contributed by atoms with Crippen molar-refractivity contribution in [3.63, 3.8) is 0 Å². The van der Waals surface area contributed by atoms with Crippen LogP contribution in [0.1, 0.15) is 35.5 Å². The van der Waals surface area contributed by atoms with Gasteiger partial charge in [0, 0.05) is 43.9 Å². The van der Waals surface area contributed by atoms with Crippen molar-refractivity contribution >= 4 is 5.91 Å². The quantitative estimate of drug-likeness (QED) is 0.687. The first-order valence-electron chi connectivity index (χ1n) is 8.83. The van der Waals surface area contributed by atoms with Gasteiger partial charge in [0.25, 0.3) is 0 Å². The zero-order valence-electron chi connectivity index (χ0n) is 15.5. The first kappa shape index (κ1) is 17.9. The van der Waals surface area contributed by atoms with Crippen LogP contribution in [-0.4, -0.2) is 31.9 Å². The third kappa shape index (κ3) is 3.67. The number of nitrogens with zero attached hydrogens (tertiary/aromatic N) is 4. The lowest BCUT2D eigenvalue weighted by molar-refractivity contribution is -0.132. The number of carbonyl (C=O) groups is 1. The summed E-state index contributed by atoms with van der Waals surface area (Å²) >= 11 is 0. The van der Waals surface area contributed by atoms with Gasteiger partial charge in [-0.05, 0) is 31.0 Å². The van der Waals surface area contributed by atoms with Crippen LogP contribution in [0.3, 0.4) is 0 Å². The molecule has 1 aromatic carbocycles. The van der Waals surface area contributed by atoms with Gasteiger partial charge >= 0.3 is 0 Å². The van der Waals surface area contributed by atoms with Crippen molar-refractivity contribution in [3.05, 3.63) is 83.7 Å². The summed E-state index contributed by atoms with van der Waals surface area (Å²) < 4.78 is 1.96. The molecular weight excluding hydrogens is 324 g/mol. The van der Waals surface area contributed by atoms with E-state index in [9.17, 15) is 4.79 Å². The van der Waals surface area contributed by atoms with Crippen molar-refractivity contribution in [1.29, 1.82) is 0 Å². The number of aromatic nitrogens is 3. The SMILES string of the molecule is CCN(C(=O)Cc1ccccc1C)[C@H](c1cccnc1)c1nccn1C. The van der Waals surface area contributed by atoms with E-state index in [2.05, 4.69) is 9.97 Å². The summed E-state index contributed by atoms with van der Waals surface area (Å²) in [6, 6.07) is 11.7. The van der Waals surface area contributed by atoms with Gasteiger partial charge in [0.2, 0.25) is 5.91 Å². The number of imidazole rings is 1. The minimum atomic E-state index is -0.259. The Hall–Kier alpha value is -2.95. The molecule has 5 nitrogen and oxygen atoms in total. The summed E-state index contributed by atoms with van der Waals surface area (Å²) in [7, 11) is 1.95. The molecule has 134 valence electrons. The Bertz CT molecular complexity index is 872. The lowest BCUT2D eigenvalue weighted by atomic mass is 10.0. The van der Waals surface area contributed by atoms with Crippen molar-refractivity contribution < 1.29 is 4.79 Å². The fraction of sp³-hybridized carbons (Fsp3) is 0.286. The largest absolute Gasteiger partial charge is 0.336 e. The Morgan fingerprint density at radius 2 is 2.00 bits per heavy atom. The van der Waals surface area contributed by atoms with Gasteiger partial charge in [0.1, 0.15) is 11.9 Å². The maximum atomic E-state index is 13.2. The van der Waals surface area contributed by atoms with Crippen LogP contribution >= 0.6 is 0 Å². The zero-order valence-corrected chi connectivity index (χ0v) is 15.5. The standard InChI is InChI=1S/C21H24N4O/c1-4-25(19(26)14-17-9-6-5-8-16(17)2)20(18-10-7-11-22-15-18)21-23-12-13-24(21)3/h5-13,15,20H,4,14H2,1-3H3/t20-/m1/s1. The summed E-state index contributed by atoms with van der Waals surface area (Å²) in [5.74, 6) is 0.914. The van der Waals surface area contributed by atoms with E-state index in [4.69, 9.17) is 0 Å². The third-order valence-corrected chi connectivity index (χ3v) is 4.68. The molecule has 5 heteroatoms. The molecule has 0 unspecified atom stereocenters. The number of amides is 1. The van der Waals surface area contributed by atoms with Gasteiger partial charge in [0.05, 0.1) is 6.42 Å². The monoisotopic (exact) mass is 348 g/mol. The summed E-state index contributed by atoms with van der Waals surface area (Å²) in [4.78, 5) is 23.8. The zero-order chi connectivity index (χ0) is 18.5. The minimum absolute atomic E-state index is 0.0821. The van der Waals surface area contributed by atoms with Crippen LogP contribution in [0, 0.1) is 6.92 Å². The lowest BCUT2D eigenvalue weighted by Gasteiger charge is -2.31. The molecule has 3 rings (SSSR count). The molecule has 2 heterocycles. The molecule has 0 aliphatic rings. The molecule has 2 aromatic heterocycles. The van der Waals surface area contributed by atoms with Gasteiger partial charge in [-0.3, -0.25) is 9.78 Å². The number of likely N-dealkylation sites (N-methyl/N-ethyl adjacent to an activating group) is 1. The highest BCUT2D eigenvalue weighted by molar-refractivity contribution is 5.80. The van der Waals surface area contributed by atoms with Crippen molar-refractivity contribution in [1.82, 2.24) is 19.4 Å². The van der Waals surface area contributed by atoms with E-state index >= 15 is 0 Å². The molecule has 0 saturated carbocycles. The first-order chi connectivity index (χ1) is 12.6. The molecule has 1 amide bonds. The van der Waals surface area contributed by atoms with E-state index in [0.717, 1.165) is 22.5 Å². The highest BCUT2D eigenvalue weighted by Gasteiger charge is 2.28. The molecule has 1 atom stereocenters. The second-order valence-electron chi connectivity index (χ2n) is 6.37. The number of aryl methyl sites for hydroxylation is 2. The first-order valence-corrected chi connectivity index (χ1v) is 8.83. The van der Waals surface area contributed by atoms with Crippen LogP contribution in [0.4, 0.5) is 0 Å². The average Bonchev–Trinajstić information content (AvgIpc) is 3.07. The predicted molar refractivity (Wildman–Crippen MR) is 102 cm³/mol. The van der Waals surface area contributed by atoms with E-state index < -0.39 is 0 Å². The average molecular weight is 348 g/mol. The van der Waals surface area contributed by atoms with E-state index in [0.29, 0.717) is 13.0 Å². The maximum absolute atomic E-state index is 13.2. The van der Waals surface area contributed by atoms with E-state index in [-0.39, 0.29) is 11.9 Å². The highest BCUT2D eigenvalue weighted by Crippen LogP contribution is 2.27. The molecule has 0 aliphatic carbocycles. The molecule has 0 N–H and O–H groups in total. The molecule has 0 bridgehead atoms. The highest BCUT2D eigenvalue weighted by atomic mass is 16.2. The van der Waals surface area contributed by atoms with Crippen molar-refractivity contribution in [3.8, 4) is 0 Å². The second-order valence-corrected chi connectivity index (χ2v) is 6.37. The van der Waals surface area contributed by atoms with Gasteiger partial charge in [0.15, 0.2) is 0 Å². The number of pyridine rings is 1. The maximum Gasteiger partial charge on any atom is 0.227 e. The molecular formula is C21H24N4O. The van der Waals surface area contributed by atoms with Gasteiger partial charge in [-0.25, -0.2) is 4.98 Å². The van der Waals surface area contributed by atoms with Crippen LogP contribution in [0.5, 0.6) is 0 Å².